The van der Waals surface area contributed by atoms with Gasteiger partial charge in [0.05, 0.1) is 0 Å². The van der Waals surface area contributed by atoms with Gasteiger partial charge >= 0.3 is 0 Å². The summed E-state index contributed by atoms with van der Waals surface area (Å²) in [5, 5.41) is 7.90. The molecule has 6 nitrogen and oxygen atoms in total. The van der Waals surface area contributed by atoms with Gasteiger partial charge in [-0.3, -0.25) is 9.59 Å². The van der Waals surface area contributed by atoms with Crippen LogP contribution in [0.3, 0.4) is 0 Å². The number of nitrogens with one attached hydrogen (secondary N) is 4. The van der Waals surface area contributed by atoms with E-state index in [-0.39, 0.29) is 11.8 Å². The minimum absolute atomic E-state index is 0.170. The Kier molecular flexibility index (Phi) is 5.33. The van der Waals surface area contributed by atoms with E-state index in [1.807, 2.05) is 55.6 Å². The van der Waals surface area contributed by atoms with E-state index in [1.54, 1.807) is 6.07 Å². The maximum absolute atomic E-state index is 12.6. The number of fused-ring (bicyclic) bond motifs is 2. The van der Waals surface area contributed by atoms with Crippen LogP contribution in [-0.4, -0.2) is 34.4 Å². The molecule has 6 heteroatoms. The van der Waals surface area contributed by atoms with Gasteiger partial charge in [-0.2, -0.15) is 0 Å². The fourth-order valence-electron chi connectivity index (χ4n) is 3.57. The van der Waals surface area contributed by atoms with E-state index in [1.165, 1.54) is 5.39 Å². The molecule has 0 aliphatic rings. The molecule has 4 aromatic rings. The van der Waals surface area contributed by atoms with Crippen molar-refractivity contribution in [2.45, 2.75) is 25.8 Å². The first-order chi connectivity index (χ1) is 14.2. The largest absolute Gasteiger partial charge is 0.361 e. The number of benzene rings is 2. The minimum atomic E-state index is -0.572. The second-order valence-corrected chi connectivity index (χ2v) is 7.11. The Morgan fingerprint density at radius 3 is 2.59 bits per heavy atom. The first-order valence-electron chi connectivity index (χ1n) is 9.87. The third kappa shape index (κ3) is 4.01. The van der Waals surface area contributed by atoms with Gasteiger partial charge in [-0.05, 0) is 36.6 Å². The number of H-pyrrole nitrogens is 2. The topological polar surface area (TPSA) is 89.8 Å². The average molecular weight is 388 g/mol. The number of aromatic amines is 2. The molecule has 0 aliphatic carbocycles. The summed E-state index contributed by atoms with van der Waals surface area (Å²) in [5.41, 5.74) is 3.60. The highest BCUT2D eigenvalue weighted by atomic mass is 16.2. The van der Waals surface area contributed by atoms with E-state index < -0.39 is 6.04 Å². The van der Waals surface area contributed by atoms with Crippen LogP contribution in [0.4, 0.5) is 0 Å². The molecule has 0 aliphatic heterocycles. The predicted octanol–water partition coefficient (Wildman–Crippen LogP) is 3.52. The zero-order valence-electron chi connectivity index (χ0n) is 16.3. The van der Waals surface area contributed by atoms with Crippen LogP contribution in [0.2, 0.25) is 0 Å². The van der Waals surface area contributed by atoms with E-state index in [9.17, 15) is 9.59 Å². The Hall–Kier alpha value is -3.54. The molecular weight excluding hydrogens is 364 g/mol. The predicted molar refractivity (Wildman–Crippen MR) is 115 cm³/mol. The third-order valence-corrected chi connectivity index (χ3v) is 5.17. The molecule has 2 aromatic heterocycles. The smallest absolute Gasteiger partial charge is 0.268 e. The second-order valence-electron chi connectivity index (χ2n) is 7.11. The Labute approximate surface area is 168 Å². The molecule has 1 atom stereocenters. The highest BCUT2D eigenvalue weighted by Crippen LogP contribution is 2.18. The monoisotopic (exact) mass is 388 g/mol. The van der Waals surface area contributed by atoms with Gasteiger partial charge in [-0.15, -0.1) is 0 Å². The number of amides is 2. The van der Waals surface area contributed by atoms with E-state index >= 15 is 0 Å². The van der Waals surface area contributed by atoms with Crippen LogP contribution in [0.25, 0.3) is 21.8 Å². The number of para-hydroxylation sites is 2. The molecule has 2 heterocycles. The molecule has 148 valence electrons. The number of carbonyl (C=O) groups is 2. The number of hydrogen-bond acceptors (Lipinski definition) is 2. The van der Waals surface area contributed by atoms with Crippen molar-refractivity contribution in [3.05, 3.63) is 72.1 Å². The normalized spacial score (nSPS) is 12.2. The van der Waals surface area contributed by atoms with Crippen molar-refractivity contribution >= 4 is 33.6 Å². The van der Waals surface area contributed by atoms with Crippen LogP contribution < -0.4 is 10.6 Å². The Bertz CT molecular complexity index is 1120. The molecule has 4 N–H and O–H groups in total. The van der Waals surface area contributed by atoms with Gasteiger partial charge < -0.3 is 20.6 Å². The lowest BCUT2D eigenvalue weighted by Gasteiger charge is -2.16. The number of carbonyl (C=O) groups excluding carboxylic acids is 2. The molecule has 0 radical (unpaired) electrons. The van der Waals surface area contributed by atoms with Crippen LogP contribution in [-0.2, 0) is 11.2 Å². The zero-order chi connectivity index (χ0) is 20.2. The molecule has 29 heavy (non-hydrogen) atoms. The summed E-state index contributed by atoms with van der Waals surface area (Å²) in [6.07, 6.45) is 3.22. The fourth-order valence-corrected chi connectivity index (χ4v) is 3.57. The van der Waals surface area contributed by atoms with Crippen molar-refractivity contribution in [3.63, 3.8) is 0 Å². The Morgan fingerprint density at radius 2 is 1.79 bits per heavy atom. The lowest BCUT2D eigenvalue weighted by Crippen LogP contribution is -2.46. The van der Waals surface area contributed by atoms with Crippen molar-refractivity contribution in [3.8, 4) is 0 Å². The number of hydrogen-bond donors (Lipinski definition) is 4. The highest BCUT2D eigenvalue weighted by Gasteiger charge is 2.20. The van der Waals surface area contributed by atoms with Gasteiger partial charge in [0.2, 0.25) is 5.91 Å². The summed E-state index contributed by atoms with van der Waals surface area (Å²) in [6.45, 7) is 2.40. The molecule has 0 saturated carbocycles. The Morgan fingerprint density at radius 1 is 1.03 bits per heavy atom. The SMILES string of the molecule is CCC(NC(=O)c1cc2ccccc2[nH]1)C(=O)NCCc1c[nH]c2ccccc12. The van der Waals surface area contributed by atoms with E-state index in [0.717, 1.165) is 28.4 Å². The molecule has 2 amide bonds. The summed E-state index contributed by atoms with van der Waals surface area (Å²) >= 11 is 0. The van der Waals surface area contributed by atoms with Crippen LogP contribution in [0, 0.1) is 0 Å². The van der Waals surface area contributed by atoms with E-state index in [4.69, 9.17) is 0 Å². The van der Waals surface area contributed by atoms with Crippen molar-refractivity contribution < 1.29 is 9.59 Å². The highest BCUT2D eigenvalue weighted by molar-refractivity contribution is 6.00. The molecule has 2 aromatic carbocycles. The summed E-state index contributed by atoms with van der Waals surface area (Å²) in [4.78, 5) is 31.5. The number of rotatable bonds is 7. The average Bonchev–Trinajstić information content (AvgIpc) is 3.36. The van der Waals surface area contributed by atoms with Gasteiger partial charge in [0.25, 0.3) is 5.91 Å². The van der Waals surface area contributed by atoms with Crippen LogP contribution >= 0.6 is 0 Å². The molecule has 0 bridgehead atoms. The van der Waals surface area contributed by atoms with E-state index in [2.05, 4.69) is 26.7 Å². The molecule has 4 rings (SSSR count). The summed E-state index contributed by atoms with van der Waals surface area (Å²) in [7, 11) is 0. The second kappa shape index (κ2) is 8.22. The third-order valence-electron chi connectivity index (χ3n) is 5.17. The van der Waals surface area contributed by atoms with Crippen LogP contribution in [0.1, 0.15) is 29.4 Å². The first kappa shape index (κ1) is 18.8. The first-order valence-corrected chi connectivity index (χ1v) is 9.87. The summed E-state index contributed by atoms with van der Waals surface area (Å²) < 4.78 is 0. The van der Waals surface area contributed by atoms with E-state index in [0.29, 0.717) is 18.7 Å². The van der Waals surface area contributed by atoms with Gasteiger partial charge in [0.15, 0.2) is 0 Å². The summed E-state index contributed by atoms with van der Waals surface area (Å²) in [5.74, 6) is -0.448. The zero-order valence-corrected chi connectivity index (χ0v) is 16.3. The van der Waals surface area contributed by atoms with Crippen molar-refractivity contribution in [2.75, 3.05) is 6.54 Å². The lowest BCUT2D eigenvalue weighted by atomic mass is 10.1. The maximum Gasteiger partial charge on any atom is 0.268 e. The molecular formula is C23H24N4O2. The van der Waals surface area contributed by atoms with Crippen molar-refractivity contribution in [2.24, 2.45) is 0 Å². The van der Waals surface area contributed by atoms with Crippen molar-refractivity contribution in [1.82, 2.24) is 20.6 Å². The molecule has 0 fully saturated rings. The molecule has 0 saturated heterocycles. The van der Waals surface area contributed by atoms with Crippen LogP contribution in [0.5, 0.6) is 0 Å². The van der Waals surface area contributed by atoms with Crippen LogP contribution in [0.15, 0.2) is 60.8 Å². The molecule has 1 unspecified atom stereocenters. The van der Waals surface area contributed by atoms with Crippen molar-refractivity contribution in [1.29, 1.82) is 0 Å². The van der Waals surface area contributed by atoms with Gasteiger partial charge in [-0.25, -0.2) is 0 Å². The van der Waals surface area contributed by atoms with Gasteiger partial charge in [0, 0.05) is 34.5 Å². The standard InChI is InChI=1S/C23H24N4O2/c1-2-18(27-23(29)21-13-15-7-3-5-9-19(15)26-21)22(28)24-12-11-16-14-25-20-10-6-4-8-17(16)20/h3-10,13-14,18,25-26H,2,11-12H2,1H3,(H,24,28)(H,27,29). The quantitative estimate of drug-likeness (QED) is 0.390. The molecule has 0 spiro atoms. The number of aromatic nitrogens is 2. The lowest BCUT2D eigenvalue weighted by molar-refractivity contribution is -0.123. The minimum Gasteiger partial charge on any atom is -0.361 e. The summed E-state index contributed by atoms with van der Waals surface area (Å²) in [6, 6.07) is 17.0. The van der Waals surface area contributed by atoms with Gasteiger partial charge in [0.1, 0.15) is 11.7 Å². The fraction of sp³-hybridized carbons (Fsp3) is 0.217. The Balaban J connectivity index is 1.34. The van der Waals surface area contributed by atoms with Gasteiger partial charge in [-0.1, -0.05) is 43.3 Å². The maximum atomic E-state index is 12.6.